The summed E-state index contributed by atoms with van der Waals surface area (Å²) in [5, 5.41) is 2.70. The van der Waals surface area contributed by atoms with E-state index in [2.05, 4.69) is 10.1 Å². The molecular weight excluding hydrogens is 256 g/mol. The van der Waals surface area contributed by atoms with Crippen molar-refractivity contribution in [1.82, 2.24) is 9.62 Å². The van der Waals surface area contributed by atoms with Crippen LogP contribution in [0.4, 0.5) is 4.79 Å². The number of ether oxygens (including phenoxy) is 1. The molecule has 0 aromatic carbocycles. The van der Waals surface area contributed by atoms with Crippen molar-refractivity contribution in [2.24, 2.45) is 0 Å². The first-order valence-corrected chi connectivity index (χ1v) is 7.92. The van der Waals surface area contributed by atoms with Crippen LogP contribution >= 0.6 is 0 Å². The standard InChI is InChI=1S/C11H22N2O4S/c1-3-4-9-18(15,16)13-7-5-10(6-8-13)12-11(14)17-2/h10H,3-9H2,1-2H3,(H,12,14). The Kier molecular flexibility index (Phi) is 5.87. The minimum absolute atomic E-state index is 0.00933. The summed E-state index contributed by atoms with van der Waals surface area (Å²) in [5.41, 5.74) is 0. The number of sulfonamides is 1. The van der Waals surface area contributed by atoms with E-state index in [1.807, 2.05) is 6.92 Å². The van der Waals surface area contributed by atoms with Gasteiger partial charge in [0.15, 0.2) is 0 Å². The molecule has 0 saturated carbocycles. The van der Waals surface area contributed by atoms with E-state index >= 15 is 0 Å². The molecule has 0 atom stereocenters. The number of unbranched alkanes of at least 4 members (excludes halogenated alkanes) is 1. The first-order chi connectivity index (χ1) is 8.49. The van der Waals surface area contributed by atoms with Crippen molar-refractivity contribution in [2.75, 3.05) is 26.0 Å². The SMILES string of the molecule is CCCCS(=O)(=O)N1CCC(NC(=O)OC)CC1. The quantitative estimate of drug-likeness (QED) is 0.812. The number of carbonyl (C=O) groups excluding carboxylic acids is 1. The monoisotopic (exact) mass is 278 g/mol. The van der Waals surface area contributed by atoms with Gasteiger partial charge in [0.2, 0.25) is 10.0 Å². The van der Waals surface area contributed by atoms with Crippen molar-refractivity contribution in [1.29, 1.82) is 0 Å². The van der Waals surface area contributed by atoms with Crippen LogP contribution in [-0.2, 0) is 14.8 Å². The summed E-state index contributed by atoms with van der Waals surface area (Å²) in [5.74, 6) is 0.221. The van der Waals surface area contributed by atoms with Crippen LogP contribution in [0.15, 0.2) is 0 Å². The molecule has 1 amide bonds. The third-order valence-electron chi connectivity index (χ3n) is 3.11. The fourth-order valence-corrected chi connectivity index (χ4v) is 3.64. The van der Waals surface area contributed by atoms with Gasteiger partial charge in [-0.3, -0.25) is 0 Å². The fourth-order valence-electron chi connectivity index (χ4n) is 1.96. The van der Waals surface area contributed by atoms with Crippen LogP contribution in [-0.4, -0.2) is 50.8 Å². The van der Waals surface area contributed by atoms with Crippen LogP contribution in [0.25, 0.3) is 0 Å². The Balaban J connectivity index is 2.41. The number of rotatable bonds is 5. The first-order valence-electron chi connectivity index (χ1n) is 6.32. The van der Waals surface area contributed by atoms with E-state index in [0.717, 1.165) is 6.42 Å². The maximum Gasteiger partial charge on any atom is 0.407 e. The zero-order valence-corrected chi connectivity index (χ0v) is 11.8. The normalized spacial score (nSPS) is 18.6. The van der Waals surface area contributed by atoms with Gasteiger partial charge in [-0.1, -0.05) is 13.3 Å². The molecule has 0 bridgehead atoms. The van der Waals surface area contributed by atoms with Crippen LogP contribution in [0.3, 0.4) is 0 Å². The molecule has 1 rings (SSSR count). The number of piperidine rings is 1. The Morgan fingerprint density at radius 1 is 1.39 bits per heavy atom. The number of hydrogen-bond acceptors (Lipinski definition) is 4. The highest BCUT2D eigenvalue weighted by atomic mass is 32.2. The third-order valence-corrected chi connectivity index (χ3v) is 5.07. The predicted octanol–water partition coefficient (Wildman–Crippen LogP) is 0.937. The van der Waals surface area contributed by atoms with Gasteiger partial charge in [0, 0.05) is 19.1 Å². The summed E-state index contributed by atoms with van der Waals surface area (Å²) >= 11 is 0. The van der Waals surface area contributed by atoms with Gasteiger partial charge in [-0.15, -0.1) is 0 Å². The first kappa shape index (κ1) is 15.2. The molecule has 7 heteroatoms. The minimum atomic E-state index is -3.11. The minimum Gasteiger partial charge on any atom is -0.453 e. The zero-order chi connectivity index (χ0) is 13.6. The second kappa shape index (κ2) is 6.94. The van der Waals surface area contributed by atoms with Crippen LogP contribution in [0.1, 0.15) is 32.6 Å². The Morgan fingerprint density at radius 2 is 2.00 bits per heavy atom. The predicted molar refractivity (Wildman–Crippen MR) is 68.8 cm³/mol. The van der Waals surface area contributed by atoms with Gasteiger partial charge in [-0.2, -0.15) is 0 Å². The topological polar surface area (TPSA) is 75.7 Å². The number of nitrogens with one attached hydrogen (secondary N) is 1. The number of carbonyl (C=O) groups is 1. The number of methoxy groups -OCH3 is 1. The smallest absolute Gasteiger partial charge is 0.407 e. The van der Waals surface area contributed by atoms with Crippen LogP contribution in [0.5, 0.6) is 0 Å². The van der Waals surface area contributed by atoms with Gasteiger partial charge < -0.3 is 10.1 Å². The molecule has 1 saturated heterocycles. The lowest BCUT2D eigenvalue weighted by molar-refractivity contribution is 0.161. The Morgan fingerprint density at radius 3 is 2.50 bits per heavy atom. The Bertz CT molecular complexity index is 361. The molecule has 0 aromatic rings. The van der Waals surface area contributed by atoms with Crippen molar-refractivity contribution < 1.29 is 17.9 Å². The van der Waals surface area contributed by atoms with Crippen molar-refractivity contribution in [2.45, 2.75) is 38.6 Å². The van der Waals surface area contributed by atoms with Crippen LogP contribution in [0, 0.1) is 0 Å². The molecule has 0 aromatic heterocycles. The van der Waals surface area contributed by atoms with Crippen LogP contribution in [0.2, 0.25) is 0 Å². The largest absolute Gasteiger partial charge is 0.453 e. The van der Waals surface area contributed by atoms with Crippen molar-refractivity contribution >= 4 is 16.1 Å². The molecule has 0 unspecified atom stereocenters. The molecule has 1 aliphatic rings. The average Bonchev–Trinajstić information content (AvgIpc) is 2.37. The molecule has 1 fully saturated rings. The van der Waals surface area contributed by atoms with Crippen molar-refractivity contribution in [3.63, 3.8) is 0 Å². The molecule has 1 N–H and O–H groups in total. The maximum absolute atomic E-state index is 11.9. The lowest BCUT2D eigenvalue weighted by Crippen LogP contribution is -2.47. The van der Waals surface area contributed by atoms with Gasteiger partial charge in [0.1, 0.15) is 0 Å². The van der Waals surface area contributed by atoms with E-state index in [4.69, 9.17) is 0 Å². The lowest BCUT2D eigenvalue weighted by atomic mass is 10.1. The second-order valence-corrected chi connectivity index (χ2v) is 6.57. The number of amides is 1. The van der Waals surface area contributed by atoms with Gasteiger partial charge in [-0.05, 0) is 19.3 Å². The summed E-state index contributed by atoms with van der Waals surface area (Å²) in [6, 6.07) is 0.00933. The summed E-state index contributed by atoms with van der Waals surface area (Å²) in [6.07, 6.45) is 2.39. The molecular formula is C11H22N2O4S. The highest BCUT2D eigenvalue weighted by molar-refractivity contribution is 7.89. The Labute approximate surface area is 109 Å². The van der Waals surface area contributed by atoms with E-state index in [9.17, 15) is 13.2 Å². The number of alkyl carbamates (subject to hydrolysis) is 1. The van der Waals surface area contributed by atoms with Crippen molar-refractivity contribution in [3.05, 3.63) is 0 Å². The van der Waals surface area contributed by atoms with Gasteiger partial charge in [0.05, 0.1) is 12.9 Å². The highest BCUT2D eigenvalue weighted by Crippen LogP contribution is 2.15. The molecule has 18 heavy (non-hydrogen) atoms. The molecule has 1 aliphatic heterocycles. The lowest BCUT2D eigenvalue weighted by Gasteiger charge is -2.31. The number of nitrogens with zero attached hydrogens (tertiary/aromatic N) is 1. The molecule has 0 spiro atoms. The summed E-state index contributed by atoms with van der Waals surface area (Å²) in [4.78, 5) is 11.0. The highest BCUT2D eigenvalue weighted by Gasteiger charge is 2.28. The second-order valence-electron chi connectivity index (χ2n) is 4.48. The van der Waals surface area contributed by atoms with Crippen molar-refractivity contribution in [3.8, 4) is 0 Å². The zero-order valence-electron chi connectivity index (χ0n) is 11.0. The average molecular weight is 278 g/mol. The van der Waals surface area contributed by atoms with E-state index in [0.29, 0.717) is 32.4 Å². The molecule has 0 radical (unpaired) electrons. The van der Waals surface area contributed by atoms with Gasteiger partial charge in [0.25, 0.3) is 0 Å². The summed E-state index contributed by atoms with van der Waals surface area (Å²) in [6.45, 7) is 2.92. The van der Waals surface area contributed by atoms with Gasteiger partial charge in [-0.25, -0.2) is 17.5 Å². The van der Waals surface area contributed by atoms with E-state index in [-0.39, 0.29) is 11.8 Å². The summed E-state index contributed by atoms with van der Waals surface area (Å²) in [7, 11) is -1.79. The van der Waals surface area contributed by atoms with E-state index in [1.54, 1.807) is 0 Å². The maximum atomic E-state index is 11.9. The molecule has 0 aliphatic carbocycles. The van der Waals surface area contributed by atoms with E-state index in [1.165, 1.54) is 11.4 Å². The van der Waals surface area contributed by atoms with Gasteiger partial charge >= 0.3 is 6.09 Å². The molecule has 106 valence electrons. The number of hydrogen-bond donors (Lipinski definition) is 1. The fraction of sp³-hybridized carbons (Fsp3) is 0.909. The molecule has 1 heterocycles. The third kappa shape index (κ3) is 4.45. The summed E-state index contributed by atoms with van der Waals surface area (Å²) < 4.78 is 29.9. The molecule has 6 nitrogen and oxygen atoms in total. The van der Waals surface area contributed by atoms with E-state index < -0.39 is 16.1 Å². The van der Waals surface area contributed by atoms with Crippen LogP contribution < -0.4 is 5.32 Å². The Hall–Kier alpha value is -0.820.